The summed E-state index contributed by atoms with van der Waals surface area (Å²) in [7, 11) is 0. The zero-order chi connectivity index (χ0) is 13.1. The molecule has 0 amide bonds. The summed E-state index contributed by atoms with van der Waals surface area (Å²) in [5.41, 5.74) is 1.73. The largest absolute Gasteiger partial charge is 0.490 e. The van der Waals surface area contributed by atoms with Crippen molar-refractivity contribution in [3.8, 4) is 5.75 Å². The van der Waals surface area contributed by atoms with Gasteiger partial charge in [-0.3, -0.25) is 0 Å². The molecule has 3 fully saturated rings. The molecule has 1 aromatic carbocycles. The summed E-state index contributed by atoms with van der Waals surface area (Å²) in [5, 5.41) is 0. The average molecular weight is 264 g/mol. The van der Waals surface area contributed by atoms with E-state index in [9.17, 15) is 0 Å². The van der Waals surface area contributed by atoms with Crippen LogP contribution in [0.25, 0.3) is 0 Å². The number of ether oxygens (including phenoxy) is 1. The number of benzene rings is 1. The van der Waals surface area contributed by atoms with Crippen molar-refractivity contribution in [3.05, 3.63) is 54.1 Å². The van der Waals surface area contributed by atoms with Gasteiger partial charge in [-0.25, -0.2) is 0 Å². The van der Waals surface area contributed by atoms with Crippen LogP contribution in [-0.2, 0) is 0 Å². The molecule has 3 saturated carbocycles. The van der Waals surface area contributed by atoms with E-state index in [0.717, 1.165) is 47.9 Å². The van der Waals surface area contributed by atoms with Crippen LogP contribution in [-0.4, -0.2) is 6.61 Å². The standard InChI is InChI=1S/C19H20O/c1-2-5-12(6-3-1)20-10-9-15-18-16-11-17(19(15)18)14-8-4-7-13(14)16/h1-7,9,13-14,16-19H,8,10-11H2/b15-9+. The Morgan fingerprint density at radius 3 is 2.80 bits per heavy atom. The molecule has 2 bridgehead atoms. The van der Waals surface area contributed by atoms with E-state index in [0.29, 0.717) is 0 Å². The van der Waals surface area contributed by atoms with Crippen LogP contribution in [0.15, 0.2) is 54.1 Å². The Kier molecular flexibility index (Phi) is 2.24. The number of para-hydroxylation sites is 1. The van der Waals surface area contributed by atoms with E-state index < -0.39 is 0 Å². The second kappa shape index (κ2) is 4.00. The first-order chi connectivity index (χ1) is 9.93. The molecule has 1 nitrogen and oxygen atoms in total. The van der Waals surface area contributed by atoms with Gasteiger partial charge in [0.15, 0.2) is 0 Å². The summed E-state index contributed by atoms with van der Waals surface area (Å²) < 4.78 is 5.82. The first-order valence-corrected chi connectivity index (χ1v) is 7.98. The molecule has 1 heteroatoms. The van der Waals surface area contributed by atoms with Crippen molar-refractivity contribution in [2.45, 2.75) is 12.8 Å². The predicted molar refractivity (Wildman–Crippen MR) is 79.3 cm³/mol. The van der Waals surface area contributed by atoms with Crippen molar-refractivity contribution in [3.63, 3.8) is 0 Å². The van der Waals surface area contributed by atoms with Crippen molar-refractivity contribution in [1.29, 1.82) is 0 Å². The Morgan fingerprint density at radius 2 is 1.90 bits per heavy atom. The van der Waals surface area contributed by atoms with Gasteiger partial charge in [0.05, 0.1) is 0 Å². The monoisotopic (exact) mass is 264 g/mol. The number of hydrogen-bond acceptors (Lipinski definition) is 1. The SMILES string of the molecule is C1=CC2C(C1)C1CC2C2/C(=C\COc3ccccc3)C12. The Hall–Kier alpha value is -1.50. The fraction of sp³-hybridized carbons (Fsp3) is 0.474. The minimum absolute atomic E-state index is 0.747. The molecule has 0 radical (unpaired) electrons. The number of hydrogen-bond donors (Lipinski definition) is 0. The third-order valence-electron chi connectivity index (χ3n) is 6.13. The molecule has 6 atom stereocenters. The van der Waals surface area contributed by atoms with Gasteiger partial charge < -0.3 is 4.74 Å². The quantitative estimate of drug-likeness (QED) is 0.747. The Morgan fingerprint density at radius 1 is 1.05 bits per heavy atom. The fourth-order valence-electron chi connectivity index (χ4n) is 5.43. The van der Waals surface area contributed by atoms with Crippen LogP contribution in [0.5, 0.6) is 5.75 Å². The van der Waals surface area contributed by atoms with Crippen LogP contribution >= 0.6 is 0 Å². The van der Waals surface area contributed by atoms with E-state index in [1.807, 2.05) is 30.3 Å². The molecule has 5 rings (SSSR count). The van der Waals surface area contributed by atoms with Crippen molar-refractivity contribution in [1.82, 2.24) is 0 Å². The molecular weight excluding hydrogens is 244 g/mol. The van der Waals surface area contributed by atoms with Gasteiger partial charge in [-0.2, -0.15) is 0 Å². The summed E-state index contributed by atoms with van der Waals surface area (Å²) in [4.78, 5) is 0. The van der Waals surface area contributed by atoms with Crippen LogP contribution in [0.1, 0.15) is 12.8 Å². The maximum Gasteiger partial charge on any atom is 0.119 e. The molecule has 102 valence electrons. The Bertz CT molecular complexity index is 585. The zero-order valence-electron chi connectivity index (χ0n) is 11.6. The normalized spacial score (nSPS) is 44.7. The topological polar surface area (TPSA) is 9.23 Å². The molecule has 0 N–H and O–H groups in total. The summed E-state index contributed by atoms with van der Waals surface area (Å²) in [6.07, 6.45) is 10.2. The second-order valence-electron chi connectivity index (χ2n) is 6.85. The lowest BCUT2D eigenvalue weighted by atomic mass is 9.82. The van der Waals surface area contributed by atoms with Crippen molar-refractivity contribution < 1.29 is 4.74 Å². The van der Waals surface area contributed by atoms with Crippen LogP contribution in [0.4, 0.5) is 0 Å². The lowest BCUT2D eigenvalue weighted by Gasteiger charge is -2.22. The van der Waals surface area contributed by atoms with E-state index in [4.69, 9.17) is 4.74 Å². The third kappa shape index (κ3) is 1.44. The maximum absolute atomic E-state index is 5.82. The minimum atomic E-state index is 0.747. The molecular formula is C19H20O. The molecule has 0 aliphatic heterocycles. The summed E-state index contributed by atoms with van der Waals surface area (Å²) in [6, 6.07) is 10.2. The van der Waals surface area contributed by atoms with E-state index in [-0.39, 0.29) is 0 Å². The fourth-order valence-corrected chi connectivity index (χ4v) is 5.43. The first-order valence-electron chi connectivity index (χ1n) is 7.98. The Labute approximate surface area is 120 Å². The Balaban J connectivity index is 1.27. The van der Waals surface area contributed by atoms with Gasteiger partial charge in [0.25, 0.3) is 0 Å². The lowest BCUT2D eigenvalue weighted by molar-refractivity contribution is 0.272. The molecule has 1 aromatic rings. The van der Waals surface area contributed by atoms with E-state index in [2.05, 4.69) is 18.2 Å². The van der Waals surface area contributed by atoms with Gasteiger partial charge in [-0.15, -0.1) is 0 Å². The summed E-state index contributed by atoms with van der Waals surface area (Å²) in [5.74, 6) is 6.70. The molecule has 0 saturated heterocycles. The zero-order valence-corrected chi connectivity index (χ0v) is 11.6. The highest BCUT2D eigenvalue weighted by Gasteiger charge is 2.67. The number of allylic oxidation sites excluding steroid dienone is 3. The molecule has 4 aliphatic rings. The molecule has 6 unspecified atom stereocenters. The molecule has 0 spiro atoms. The predicted octanol–water partition coefficient (Wildman–Crippen LogP) is 4.08. The summed E-state index contributed by atoms with van der Waals surface area (Å²) >= 11 is 0. The van der Waals surface area contributed by atoms with Crippen LogP contribution in [0.3, 0.4) is 0 Å². The minimum Gasteiger partial charge on any atom is -0.490 e. The maximum atomic E-state index is 5.82. The number of fused-ring (bicyclic) bond motifs is 8. The highest BCUT2D eigenvalue weighted by Crippen LogP contribution is 2.74. The highest BCUT2D eigenvalue weighted by atomic mass is 16.5. The molecule has 20 heavy (non-hydrogen) atoms. The first kappa shape index (κ1) is 11.2. The molecule has 0 aromatic heterocycles. The van der Waals surface area contributed by atoms with E-state index >= 15 is 0 Å². The lowest BCUT2D eigenvalue weighted by Crippen LogP contribution is -2.18. The van der Waals surface area contributed by atoms with Gasteiger partial charge >= 0.3 is 0 Å². The van der Waals surface area contributed by atoms with Crippen molar-refractivity contribution >= 4 is 0 Å². The van der Waals surface area contributed by atoms with Gasteiger partial charge in [0.2, 0.25) is 0 Å². The highest BCUT2D eigenvalue weighted by molar-refractivity contribution is 5.40. The summed E-state index contributed by atoms with van der Waals surface area (Å²) in [6.45, 7) is 0.747. The average Bonchev–Trinajstić information content (AvgIpc) is 2.88. The van der Waals surface area contributed by atoms with Gasteiger partial charge in [-0.1, -0.05) is 35.9 Å². The number of rotatable bonds is 3. The van der Waals surface area contributed by atoms with Gasteiger partial charge in [0, 0.05) is 0 Å². The van der Waals surface area contributed by atoms with Gasteiger partial charge in [0.1, 0.15) is 12.4 Å². The van der Waals surface area contributed by atoms with Crippen LogP contribution in [0, 0.1) is 35.5 Å². The van der Waals surface area contributed by atoms with Crippen molar-refractivity contribution in [2.24, 2.45) is 35.5 Å². The smallest absolute Gasteiger partial charge is 0.119 e. The molecule has 4 aliphatic carbocycles. The van der Waals surface area contributed by atoms with Gasteiger partial charge in [-0.05, 0) is 66.6 Å². The third-order valence-corrected chi connectivity index (χ3v) is 6.13. The van der Waals surface area contributed by atoms with Crippen LogP contribution < -0.4 is 4.74 Å². The second-order valence-corrected chi connectivity index (χ2v) is 6.85. The van der Waals surface area contributed by atoms with E-state index in [1.54, 1.807) is 5.57 Å². The molecule has 0 heterocycles. The van der Waals surface area contributed by atoms with E-state index in [1.165, 1.54) is 12.8 Å². The van der Waals surface area contributed by atoms with Crippen molar-refractivity contribution in [2.75, 3.05) is 6.61 Å². The van der Waals surface area contributed by atoms with Crippen LogP contribution in [0.2, 0.25) is 0 Å².